The van der Waals surface area contributed by atoms with Crippen LogP contribution in [0.25, 0.3) is 0 Å². The highest BCUT2D eigenvalue weighted by atomic mass is 31.2. The number of phosphoric acid groups is 1. The number of carbonyl (C=O) groups is 2. The van der Waals surface area contributed by atoms with Crippen LogP contribution in [0.15, 0.2) is 97.2 Å². The van der Waals surface area contributed by atoms with Crippen molar-refractivity contribution in [2.75, 3.05) is 26.4 Å². The number of rotatable bonds is 77. The van der Waals surface area contributed by atoms with E-state index in [2.05, 4.69) is 111 Å². The summed E-state index contributed by atoms with van der Waals surface area (Å²) in [6.45, 7) is 3.69. The molecular formula is C85H154NO8P. The van der Waals surface area contributed by atoms with Gasteiger partial charge in [-0.3, -0.25) is 18.6 Å². The van der Waals surface area contributed by atoms with Crippen LogP contribution in [0.3, 0.4) is 0 Å². The number of esters is 2. The smallest absolute Gasteiger partial charge is 0.462 e. The number of phosphoric ester groups is 1. The molecule has 0 spiro atoms. The number of unbranched alkanes of at least 4 members (excludes halogenated alkanes) is 48. The van der Waals surface area contributed by atoms with Gasteiger partial charge in [-0.15, -0.1) is 0 Å². The Hall–Kier alpha value is -3.07. The monoisotopic (exact) mass is 1350 g/mol. The van der Waals surface area contributed by atoms with Gasteiger partial charge >= 0.3 is 19.8 Å². The normalized spacial score (nSPS) is 13.3. The molecule has 0 bridgehead atoms. The fourth-order valence-electron chi connectivity index (χ4n) is 12.0. The Morgan fingerprint density at radius 3 is 0.874 bits per heavy atom. The number of ether oxygens (including phenoxy) is 2. The maximum atomic E-state index is 12.8. The molecule has 0 saturated heterocycles. The second-order valence-electron chi connectivity index (χ2n) is 27.3. The van der Waals surface area contributed by atoms with Crippen molar-refractivity contribution < 1.29 is 37.6 Å². The molecule has 0 aliphatic heterocycles. The zero-order chi connectivity index (χ0) is 68.6. The van der Waals surface area contributed by atoms with Crippen LogP contribution in [0.2, 0.25) is 0 Å². The van der Waals surface area contributed by atoms with Crippen LogP contribution in [0.1, 0.15) is 399 Å². The van der Waals surface area contributed by atoms with Gasteiger partial charge in [0.1, 0.15) is 6.61 Å². The molecule has 0 aromatic rings. The molecule has 0 aromatic heterocycles. The highest BCUT2D eigenvalue weighted by molar-refractivity contribution is 7.47. The first-order valence-electron chi connectivity index (χ1n) is 40.7. The van der Waals surface area contributed by atoms with Crippen molar-refractivity contribution in [2.24, 2.45) is 5.73 Å². The van der Waals surface area contributed by atoms with Crippen LogP contribution in [0.4, 0.5) is 0 Å². The molecular weight excluding hydrogens is 1190 g/mol. The van der Waals surface area contributed by atoms with Crippen molar-refractivity contribution in [1.29, 1.82) is 0 Å². The first-order valence-corrected chi connectivity index (χ1v) is 42.2. The number of carbonyl (C=O) groups excluding carboxylic acids is 2. The van der Waals surface area contributed by atoms with Gasteiger partial charge in [-0.25, -0.2) is 4.57 Å². The summed E-state index contributed by atoms with van der Waals surface area (Å²) < 4.78 is 33.3. The van der Waals surface area contributed by atoms with E-state index in [0.29, 0.717) is 6.42 Å². The Morgan fingerprint density at radius 2 is 0.579 bits per heavy atom. The summed E-state index contributed by atoms with van der Waals surface area (Å²) in [4.78, 5) is 35.5. The predicted molar refractivity (Wildman–Crippen MR) is 413 cm³/mol. The van der Waals surface area contributed by atoms with Gasteiger partial charge in [0.15, 0.2) is 6.10 Å². The molecule has 0 amide bonds. The minimum atomic E-state index is -4.40. The van der Waals surface area contributed by atoms with E-state index in [1.165, 1.54) is 283 Å². The third-order valence-corrected chi connectivity index (χ3v) is 18.9. The summed E-state index contributed by atoms with van der Waals surface area (Å²) in [5.74, 6) is -0.808. The molecule has 552 valence electrons. The van der Waals surface area contributed by atoms with Crippen molar-refractivity contribution >= 4 is 19.8 Å². The van der Waals surface area contributed by atoms with Gasteiger partial charge in [-0.1, -0.05) is 387 Å². The van der Waals surface area contributed by atoms with Crippen molar-refractivity contribution in [3.63, 3.8) is 0 Å². The van der Waals surface area contributed by atoms with Gasteiger partial charge in [0.05, 0.1) is 13.2 Å². The van der Waals surface area contributed by atoms with Crippen LogP contribution >= 0.6 is 7.82 Å². The zero-order valence-electron chi connectivity index (χ0n) is 62.4. The van der Waals surface area contributed by atoms with Gasteiger partial charge in [0.2, 0.25) is 0 Å². The van der Waals surface area contributed by atoms with Gasteiger partial charge in [-0.05, 0) is 96.3 Å². The molecule has 0 aliphatic rings. The summed E-state index contributed by atoms with van der Waals surface area (Å²) >= 11 is 0. The lowest BCUT2D eigenvalue weighted by Gasteiger charge is -2.19. The lowest BCUT2D eigenvalue weighted by molar-refractivity contribution is -0.161. The summed E-state index contributed by atoms with van der Waals surface area (Å²) in [7, 11) is -4.40. The summed E-state index contributed by atoms with van der Waals surface area (Å²) in [6, 6.07) is 0. The fraction of sp³-hybridized carbons (Fsp3) is 0.788. The van der Waals surface area contributed by atoms with E-state index in [0.717, 1.165) is 83.5 Å². The highest BCUT2D eigenvalue weighted by Crippen LogP contribution is 2.43. The lowest BCUT2D eigenvalue weighted by Crippen LogP contribution is -2.29. The fourth-order valence-corrected chi connectivity index (χ4v) is 12.7. The molecule has 2 unspecified atom stereocenters. The van der Waals surface area contributed by atoms with E-state index in [-0.39, 0.29) is 38.6 Å². The van der Waals surface area contributed by atoms with Crippen LogP contribution in [-0.4, -0.2) is 49.3 Å². The van der Waals surface area contributed by atoms with E-state index in [1.54, 1.807) is 0 Å². The van der Waals surface area contributed by atoms with E-state index in [1.807, 2.05) is 0 Å². The van der Waals surface area contributed by atoms with Crippen molar-refractivity contribution in [3.8, 4) is 0 Å². The Labute approximate surface area is 588 Å². The van der Waals surface area contributed by atoms with Crippen molar-refractivity contribution in [1.82, 2.24) is 0 Å². The number of hydrogen-bond acceptors (Lipinski definition) is 8. The highest BCUT2D eigenvalue weighted by Gasteiger charge is 2.26. The first kappa shape index (κ1) is 91.9. The predicted octanol–water partition coefficient (Wildman–Crippen LogP) is 27.4. The Kier molecular flexibility index (Phi) is 77.3. The molecule has 0 fully saturated rings. The van der Waals surface area contributed by atoms with Gasteiger partial charge in [-0.2, -0.15) is 0 Å². The molecule has 0 aromatic carbocycles. The van der Waals surface area contributed by atoms with Crippen molar-refractivity contribution in [2.45, 2.75) is 405 Å². The van der Waals surface area contributed by atoms with E-state index in [4.69, 9.17) is 24.3 Å². The second-order valence-corrected chi connectivity index (χ2v) is 28.7. The van der Waals surface area contributed by atoms with Crippen LogP contribution in [-0.2, 0) is 32.7 Å². The Balaban J connectivity index is 3.78. The third-order valence-electron chi connectivity index (χ3n) is 18.0. The van der Waals surface area contributed by atoms with Gasteiger partial charge in [0.25, 0.3) is 0 Å². The van der Waals surface area contributed by atoms with E-state index in [9.17, 15) is 19.0 Å². The maximum Gasteiger partial charge on any atom is 0.472 e. The standard InChI is InChI=1S/C85H154NO8P/c1-3-5-7-9-11-13-15-17-19-21-23-25-27-29-31-33-35-37-38-39-40-41-42-43-44-46-48-50-52-54-56-58-60-62-64-66-68-70-72-74-76-78-85(88)94-83(82-93-95(89,90)92-80-79-86)81-91-84(87)77-75-73-71-69-67-65-63-61-59-57-55-53-51-49-47-45-36-34-32-30-28-26-24-22-20-18-16-14-12-10-8-6-4-2/h5,7,11,13,17,19,22-25,29,31,35,37,39-40,83H,3-4,6,8-10,12,14-16,18,20-21,26-28,30,32-34,36,38,41-82,86H2,1-2H3,(H,89,90)/b7-5-,13-11-,19-17-,24-22-,25-23-,31-29-,37-35-,40-39-. The average molecular weight is 1350 g/mol. The summed E-state index contributed by atoms with van der Waals surface area (Å²) in [5, 5.41) is 0. The Morgan fingerprint density at radius 1 is 0.326 bits per heavy atom. The minimum absolute atomic E-state index is 0.0536. The molecule has 2 atom stereocenters. The molecule has 0 heterocycles. The molecule has 10 heteroatoms. The number of allylic oxidation sites excluding steroid dienone is 16. The van der Waals surface area contributed by atoms with Gasteiger partial charge < -0.3 is 20.1 Å². The molecule has 0 saturated carbocycles. The molecule has 0 rings (SSSR count). The van der Waals surface area contributed by atoms with Crippen LogP contribution in [0, 0.1) is 0 Å². The quantitative estimate of drug-likeness (QED) is 0.0264. The minimum Gasteiger partial charge on any atom is -0.462 e. The lowest BCUT2D eigenvalue weighted by atomic mass is 10.0. The summed E-state index contributed by atoms with van der Waals surface area (Å²) in [6.07, 6.45) is 110. The topological polar surface area (TPSA) is 134 Å². The van der Waals surface area contributed by atoms with Crippen LogP contribution < -0.4 is 5.73 Å². The van der Waals surface area contributed by atoms with Crippen molar-refractivity contribution in [3.05, 3.63) is 97.2 Å². The van der Waals surface area contributed by atoms with E-state index >= 15 is 0 Å². The SMILES string of the molecule is CC/C=C\C/C=C\C/C=C\C/C=C\C/C=C\C/C=C\C/C=C\CCCCCCCCCCCCCCCCCCCCCC(=O)OC(COC(=O)CCCCCCCCCCCCCCCCCCCCCCC/C=C\CCCCCCCCCC)COP(=O)(O)OCCN. The summed E-state index contributed by atoms with van der Waals surface area (Å²) in [5.41, 5.74) is 5.42. The molecule has 95 heavy (non-hydrogen) atoms. The van der Waals surface area contributed by atoms with Crippen LogP contribution in [0.5, 0.6) is 0 Å². The van der Waals surface area contributed by atoms with Gasteiger partial charge in [0, 0.05) is 19.4 Å². The molecule has 0 aliphatic carbocycles. The Bertz CT molecular complexity index is 1890. The number of hydrogen-bond donors (Lipinski definition) is 2. The second kappa shape index (κ2) is 79.9. The first-order chi connectivity index (χ1) is 46.8. The number of nitrogens with two attached hydrogens (primary N) is 1. The average Bonchev–Trinajstić information content (AvgIpc) is 2.75. The molecule has 9 nitrogen and oxygen atoms in total. The van der Waals surface area contributed by atoms with E-state index < -0.39 is 26.5 Å². The third kappa shape index (κ3) is 79.8. The molecule has 3 N–H and O–H groups in total. The zero-order valence-corrected chi connectivity index (χ0v) is 63.3. The molecule has 0 radical (unpaired) electrons. The largest absolute Gasteiger partial charge is 0.472 e. The maximum absolute atomic E-state index is 12.8.